The zero-order chi connectivity index (χ0) is 20.0. The predicted octanol–water partition coefficient (Wildman–Crippen LogP) is 5.35. The minimum absolute atomic E-state index is 0.138. The summed E-state index contributed by atoms with van der Waals surface area (Å²) in [4.78, 5) is 12.8. The lowest BCUT2D eigenvalue weighted by atomic mass is 9.87. The van der Waals surface area contributed by atoms with Gasteiger partial charge in [0.1, 0.15) is 11.5 Å². The van der Waals surface area contributed by atoms with E-state index in [4.69, 9.17) is 18.6 Å². The number of carbonyl (C=O) groups excluding carboxylic acids is 1. The molecule has 2 heterocycles. The molecule has 1 aromatic heterocycles. The number of aryl methyl sites for hydroxylation is 1. The van der Waals surface area contributed by atoms with E-state index in [9.17, 15) is 4.79 Å². The standard InChI is InChI=1S/C24H22O5/c1-3-27-19-9-4-6-16-20-21-17(25)7-5-8-18(21)28-24(20)22(29-23(16)19)14-10-12-15(26-2)13-11-14/h4,6,9-13,22H,3,5,7-8H2,1-2H3. The van der Waals surface area contributed by atoms with E-state index in [1.807, 2.05) is 49.4 Å². The Hall–Kier alpha value is -3.21. The van der Waals surface area contributed by atoms with Crippen LogP contribution in [-0.2, 0) is 6.42 Å². The lowest BCUT2D eigenvalue weighted by Gasteiger charge is -2.27. The highest BCUT2D eigenvalue weighted by Crippen LogP contribution is 2.52. The number of benzene rings is 2. The molecule has 0 fully saturated rings. The monoisotopic (exact) mass is 390 g/mol. The van der Waals surface area contributed by atoms with Crippen molar-refractivity contribution in [3.8, 4) is 28.4 Å². The van der Waals surface area contributed by atoms with Crippen LogP contribution in [0.5, 0.6) is 17.2 Å². The highest BCUT2D eigenvalue weighted by Gasteiger charge is 2.39. The van der Waals surface area contributed by atoms with Gasteiger partial charge in [-0.1, -0.05) is 24.3 Å². The van der Waals surface area contributed by atoms with Crippen LogP contribution in [0.1, 0.15) is 53.3 Å². The van der Waals surface area contributed by atoms with E-state index >= 15 is 0 Å². The van der Waals surface area contributed by atoms with Crippen LogP contribution in [0.3, 0.4) is 0 Å². The Balaban J connectivity index is 1.73. The minimum Gasteiger partial charge on any atom is -0.497 e. The molecule has 0 saturated carbocycles. The summed E-state index contributed by atoms with van der Waals surface area (Å²) in [5.74, 6) is 3.70. The summed E-state index contributed by atoms with van der Waals surface area (Å²) in [5.41, 5.74) is 3.36. The maximum absolute atomic E-state index is 12.8. The van der Waals surface area contributed by atoms with Gasteiger partial charge in [-0.25, -0.2) is 0 Å². The normalized spacial score (nSPS) is 17.0. The number of ether oxygens (including phenoxy) is 3. The number of para-hydroxylation sites is 1. The maximum Gasteiger partial charge on any atom is 0.182 e. The van der Waals surface area contributed by atoms with E-state index in [-0.39, 0.29) is 5.78 Å². The first-order chi connectivity index (χ1) is 14.2. The summed E-state index contributed by atoms with van der Waals surface area (Å²) in [7, 11) is 1.64. The van der Waals surface area contributed by atoms with Gasteiger partial charge in [-0.2, -0.15) is 0 Å². The molecule has 1 unspecified atom stereocenters. The number of rotatable bonds is 4. The van der Waals surface area contributed by atoms with Crippen LogP contribution in [0.2, 0.25) is 0 Å². The van der Waals surface area contributed by atoms with Crippen LogP contribution in [-0.4, -0.2) is 19.5 Å². The number of methoxy groups -OCH3 is 1. The van der Waals surface area contributed by atoms with Gasteiger partial charge in [0.15, 0.2) is 29.1 Å². The SMILES string of the molecule is CCOc1cccc2c1OC(c1ccc(OC)cc1)c1oc3c(c1-2)C(=O)CCC3. The third kappa shape index (κ3) is 2.80. The van der Waals surface area contributed by atoms with Crippen molar-refractivity contribution in [3.63, 3.8) is 0 Å². The largest absolute Gasteiger partial charge is 0.497 e. The van der Waals surface area contributed by atoms with Gasteiger partial charge in [0.2, 0.25) is 0 Å². The van der Waals surface area contributed by atoms with Crippen molar-refractivity contribution >= 4 is 5.78 Å². The summed E-state index contributed by atoms with van der Waals surface area (Å²) < 4.78 is 23.8. The number of carbonyl (C=O) groups is 1. The third-order valence-corrected chi connectivity index (χ3v) is 5.54. The molecule has 1 aliphatic carbocycles. The number of hydrogen-bond acceptors (Lipinski definition) is 5. The highest BCUT2D eigenvalue weighted by atomic mass is 16.5. The molecule has 1 atom stereocenters. The Morgan fingerprint density at radius 2 is 1.90 bits per heavy atom. The molecular formula is C24H22O5. The van der Waals surface area contributed by atoms with Crippen molar-refractivity contribution < 1.29 is 23.4 Å². The van der Waals surface area contributed by atoms with E-state index in [1.165, 1.54) is 0 Å². The van der Waals surface area contributed by atoms with Gasteiger partial charge in [0.25, 0.3) is 0 Å². The molecule has 0 spiro atoms. The predicted molar refractivity (Wildman–Crippen MR) is 108 cm³/mol. The van der Waals surface area contributed by atoms with Crippen molar-refractivity contribution in [2.24, 2.45) is 0 Å². The van der Waals surface area contributed by atoms with Crippen molar-refractivity contribution in [2.75, 3.05) is 13.7 Å². The van der Waals surface area contributed by atoms with E-state index in [1.54, 1.807) is 7.11 Å². The molecule has 0 saturated heterocycles. The van der Waals surface area contributed by atoms with Crippen LogP contribution < -0.4 is 14.2 Å². The van der Waals surface area contributed by atoms with Crippen molar-refractivity contribution in [1.29, 1.82) is 0 Å². The number of furan rings is 1. The van der Waals surface area contributed by atoms with Gasteiger partial charge < -0.3 is 18.6 Å². The fourth-order valence-electron chi connectivity index (χ4n) is 4.23. The molecule has 5 rings (SSSR count). The molecule has 0 N–H and O–H groups in total. The van der Waals surface area contributed by atoms with Crippen LogP contribution in [0.25, 0.3) is 11.1 Å². The topological polar surface area (TPSA) is 57.9 Å². The molecule has 1 aliphatic heterocycles. The molecule has 0 radical (unpaired) electrons. The molecule has 5 heteroatoms. The summed E-state index contributed by atoms with van der Waals surface area (Å²) in [5, 5.41) is 0. The van der Waals surface area contributed by atoms with Crippen molar-refractivity contribution in [1.82, 2.24) is 0 Å². The van der Waals surface area contributed by atoms with Gasteiger partial charge in [-0.15, -0.1) is 0 Å². The fourth-order valence-corrected chi connectivity index (χ4v) is 4.23. The summed E-state index contributed by atoms with van der Waals surface area (Å²) in [6.07, 6.45) is 1.68. The van der Waals surface area contributed by atoms with E-state index in [0.717, 1.165) is 41.0 Å². The molecule has 29 heavy (non-hydrogen) atoms. The maximum atomic E-state index is 12.8. The minimum atomic E-state index is -0.455. The quantitative estimate of drug-likeness (QED) is 0.601. The number of Topliss-reactive ketones (excluding diaryl/α,β-unsaturated/α-hetero) is 1. The molecule has 0 amide bonds. The second kappa shape index (κ2) is 6.99. The average molecular weight is 390 g/mol. The molecule has 0 bridgehead atoms. The first-order valence-corrected chi connectivity index (χ1v) is 9.96. The van der Waals surface area contributed by atoms with Gasteiger partial charge >= 0.3 is 0 Å². The second-order valence-corrected chi connectivity index (χ2v) is 7.25. The third-order valence-electron chi connectivity index (χ3n) is 5.54. The number of ketones is 1. The molecule has 148 valence electrons. The molecule has 2 aromatic carbocycles. The Labute approximate surface area is 169 Å². The first-order valence-electron chi connectivity index (χ1n) is 9.96. The lowest BCUT2D eigenvalue weighted by Crippen LogP contribution is -2.16. The van der Waals surface area contributed by atoms with Crippen LogP contribution in [0.15, 0.2) is 46.9 Å². The van der Waals surface area contributed by atoms with E-state index < -0.39 is 6.10 Å². The number of hydrogen-bond donors (Lipinski definition) is 0. The zero-order valence-electron chi connectivity index (χ0n) is 16.5. The summed E-state index contributed by atoms with van der Waals surface area (Å²) in [6.45, 7) is 2.47. The molecular weight excluding hydrogens is 368 g/mol. The summed E-state index contributed by atoms with van der Waals surface area (Å²) in [6, 6.07) is 13.5. The van der Waals surface area contributed by atoms with Crippen molar-refractivity contribution in [3.05, 3.63) is 65.1 Å². The van der Waals surface area contributed by atoms with E-state index in [0.29, 0.717) is 35.9 Å². The molecule has 5 nitrogen and oxygen atoms in total. The van der Waals surface area contributed by atoms with Crippen LogP contribution in [0, 0.1) is 0 Å². The zero-order valence-corrected chi connectivity index (χ0v) is 16.5. The first kappa shape index (κ1) is 17.9. The number of fused-ring (bicyclic) bond motifs is 5. The molecule has 3 aromatic rings. The smallest absolute Gasteiger partial charge is 0.182 e. The lowest BCUT2D eigenvalue weighted by molar-refractivity contribution is 0.0970. The Kier molecular flexibility index (Phi) is 4.31. The Bertz CT molecular complexity index is 1080. The van der Waals surface area contributed by atoms with Gasteiger partial charge in [0, 0.05) is 29.5 Å². The van der Waals surface area contributed by atoms with E-state index in [2.05, 4.69) is 0 Å². The average Bonchev–Trinajstić information content (AvgIpc) is 3.15. The van der Waals surface area contributed by atoms with Crippen molar-refractivity contribution in [2.45, 2.75) is 32.3 Å². The van der Waals surface area contributed by atoms with Crippen LogP contribution >= 0.6 is 0 Å². The van der Waals surface area contributed by atoms with Gasteiger partial charge in [-0.05, 0) is 31.5 Å². The molecule has 2 aliphatic rings. The Morgan fingerprint density at radius 3 is 2.66 bits per heavy atom. The second-order valence-electron chi connectivity index (χ2n) is 7.25. The Morgan fingerprint density at radius 1 is 1.07 bits per heavy atom. The van der Waals surface area contributed by atoms with Gasteiger partial charge in [0.05, 0.1) is 19.3 Å². The highest BCUT2D eigenvalue weighted by molar-refractivity contribution is 6.06. The fraction of sp³-hybridized carbons (Fsp3) is 0.292. The van der Waals surface area contributed by atoms with Crippen LogP contribution in [0.4, 0.5) is 0 Å². The van der Waals surface area contributed by atoms with Gasteiger partial charge in [-0.3, -0.25) is 4.79 Å². The summed E-state index contributed by atoms with van der Waals surface area (Å²) >= 11 is 0.